The monoisotopic (exact) mass is 446 g/mol. The number of nitriles is 1. The van der Waals surface area contributed by atoms with Crippen molar-refractivity contribution in [1.29, 1.82) is 5.26 Å². The predicted octanol–water partition coefficient (Wildman–Crippen LogP) is 3.00. The molecule has 1 fully saturated rings. The number of hydrogen-bond acceptors (Lipinski definition) is 7. The van der Waals surface area contributed by atoms with Crippen LogP contribution in [-0.4, -0.2) is 49.3 Å². The summed E-state index contributed by atoms with van der Waals surface area (Å²) in [4.78, 5) is 12.8. The molecule has 10 heteroatoms. The fraction of sp³-hybridized carbons (Fsp3) is 0.524. The summed E-state index contributed by atoms with van der Waals surface area (Å²) >= 11 is 0. The molecule has 2 aromatic rings. The molecule has 0 spiro atoms. The molecule has 1 aliphatic heterocycles. The molecule has 1 aliphatic rings. The van der Waals surface area contributed by atoms with Gasteiger partial charge in [0.05, 0.1) is 22.3 Å². The molecule has 8 nitrogen and oxygen atoms in total. The minimum atomic E-state index is -3.86. The number of fused-ring (bicyclic) bond motifs is 1. The number of nitrogens with zero attached hydrogens (tertiary/aromatic N) is 2. The summed E-state index contributed by atoms with van der Waals surface area (Å²) in [6.07, 6.45) is 1.71. The highest BCUT2D eigenvalue weighted by atomic mass is 32.2. The molecule has 0 aliphatic carbocycles. The summed E-state index contributed by atoms with van der Waals surface area (Å²) in [5.74, 6) is 0. The molecule has 3 rings (SSSR count). The molecule has 31 heavy (non-hydrogen) atoms. The molecule has 0 amide bonds. The first kappa shape index (κ1) is 23.3. The lowest BCUT2D eigenvalue weighted by Gasteiger charge is -2.32. The minimum Gasteiger partial charge on any atom is -0.443 e. The highest BCUT2D eigenvalue weighted by molar-refractivity contribution is 7.91. The molecule has 1 aromatic carbocycles. The summed E-state index contributed by atoms with van der Waals surface area (Å²) in [7, 11) is -4.70. The van der Waals surface area contributed by atoms with Crippen molar-refractivity contribution in [3.8, 4) is 6.07 Å². The molecule has 0 saturated carbocycles. The van der Waals surface area contributed by atoms with Gasteiger partial charge in [0.15, 0.2) is 9.84 Å². The van der Waals surface area contributed by atoms with Crippen molar-refractivity contribution in [1.82, 2.24) is 4.57 Å². The molecular weight excluding hydrogens is 419 g/mol. The lowest BCUT2D eigenvalue weighted by molar-refractivity contribution is 0.00578. The van der Waals surface area contributed by atoms with Gasteiger partial charge in [-0.25, -0.2) is 13.2 Å². The number of hydrogen-bond donors (Lipinski definition) is 0. The normalized spacial score (nSPS) is 18.2. The Morgan fingerprint density at radius 1 is 1.16 bits per heavy atom. The van der Waals surface area contributed by atoms with Crippen molar-refractivity contribution in [2.75, 3.05) is 6.26 Å². The fourth-order valence-corrected chi connectivity index (χ4v) is 4.47. The second-order valence-corrected chi connectivity index (χ2v) is 11.7. The van der Waals surface area contributed by atoms with E-state index in [4.69, 9.17) is 14.0 Å². The Morgan fingerprint density at radius 2 is 1.71 bits per heavy atom. The molecule has 0 atom stereocenters. The van der Waals surface area contributed by atoms with Crippen molar-refractivity contribution >= 4 is 39.4 Å². The summed E-state index contributed by atoms with van der Waals surface area (Å²) < 4.78 is 44.2. The number of sulfone groups is 1. The van der Waals surface area contributed by atoms with Crippen LogP contribution >= 0.6 is 0 Å². The van der Waals surface area contributed by atoms with Gasteiger partial charge in [0.1, 0.15) is 16.6 Å². The topological polar surface area (TPSA) is 108 Å². The van der Waals surface area contributed by atoms with Crippen LogP contribution < -0.4 is 5.46 Å². The third-order valence-electron chi connectivity index (χ3n) is 5.54. The van der Waals surface area contributed by atoms with Gasteiger partial charge in [-0.15, -0.1) is 0 Å². The van der Waals surface area contributed by atoms with E-state index < -0.39 is 39.9 Å². The first-order valence-corrected chi connectivity index (χ1v) is 11.7. The zero-order valence-electron chi connectivity index (χ0n) is 19.1. The fourth-order valence-electron chi connectivity index (χ4n) is 3.39. The van der Waals surface area contributed by atoms with E-state index in [1.54, 1.807) is 26.8 Å². The highest BCUT2D eigenvalue weighted by Crippen LogP contribution is 2.38. The summed E-state index contributed by atoms with van der Waals surface area (Å²) in [5, 5.41) is 9.96. The molecule has 0 N–H and O–H groups in total. The van der Waals surface area contributed by atoms with Crippen LogP contribution in [0.5, 0.6) is 0 Å². The van der Waals surface area contributed by atoms with Crippen molar-refractivity contribution in [2.24, 2.45) is 0 Å². The Kier molecular flexibility index (Phi) is 5.33. The molecule has 0 radical (unpaired) electrons. The van der Waals surface area contributed by atoms with E-state index in [-0.39, 0.29) is 16.0 Å². The highest BCUT2D eigenvalue weighted by Gasteiger charge is 2.52. The lowest BCUT2D eigenvalue weighted by atomic mass is 9.79. The first-order chi connectivity index (χ1) is 14.0. The van der Waals surface area contributed by atoms with E-state index in [0.29, 0.717) is 10.8 Å². The van der Waals surface area contributed by atoms with Gasteiger partial charge < -0.3 is 14.0 Å². The van der Waals surface area contributed by atoms with E-state index in [1.807, 2.05) is 33.8 Å². The summed E-state index contributed by atoms with van der Waals surface area (Å²) in [6.45, 7) is 12.7. The quantitative estimate of drug-likeness (QED) is 0.653. The standard InChI is InChI=1S/C21H27BN2O6S/c1-19(2,3)28-18(25)24-12-15(22-29-20(4,5)21(6,7)30-22)14-10-9-13(11-23)17(16(14)24)31(8,26)27/h9-10,12H,1-8H3. The van der Waals surface area contributed by atoms with Gasteiger partial charge in [0.2, 0.25) is 0 Å². The first-order valence-electron chi connectivity index (χ1n) is 9.85. The second kappa shape index (κ2) is 7.09. The second-order valence-electron chi connectivity index (χ2n) is 9.75. The van der Waals surface area contributed by atoms with E-state index in [9.17, 15) is 18.5 Å². The maximum atomic E-state index is 13.0. The number of aromatic nitrogens is 1. The van der Waals surface area contributed by atoms with Crippen molar-refractivity contribution in [3.63, 3.8) is 0 Å². The smallest absolute Gasteiger partial charge is 0.443 e. The van der Waals surface area contributed by atoms with Crippen LogP contribution in [-0.2, 0) is 23.9 Å². The van der Waals surface area contributed by atoms with Crippen molar-refractivity contribution in [2.45, 2.75) is 70.2 Å². The largest absolute Gasteiger partial charge is 0.497 e. The molecule has 2 heterocycles. The minimum absolute atomic E-state index is 0.0571. The Hall–Kier alpha value is -2.35. The Labute approximate surface area is 183 Å². The number of carbonyl (C=O) groups is 1. The maximum Gasteiger partial charge on any atom is 0.497 e. The van der Waals surface area contributed by atoms with Gasteiger partial charge in [-0.05, 0) is 54.5 Å². The Morgan fingerprint density at radius 3 is 2.16 bits per heavy atom. The molecular formula is C21H27BN2O6S. The predicted molar refractivity (Wildman–Crippen MR) is 117 cm³/mol. The van der Waals surface area contributed by atoms with Crippen LogP contribution in [0.2, 0.25) is 0 Å². The number of benzene rings is 1. The zero-order valence-corrected chi connectivity index (χ0v) is 19.9. The third kappa shape index (κ3) is 4.10. The maximum absolute atomic E-state index is 13.0. The Bertz CT molecular complexity index is 1200. The number of carbonyl (C=O) groups excluding carboxylic acids is 1. The van der Waals surface area contributed by atoms with Gasteiger partial charge >= 0.3 is 13.2 Å². The van der Waals surface area contributed by atoms with Crippen molar-refractivity contribution < 1.29 is 27.3 Å². The molecule has 1 saturated heterocycles. The van der Waals surface area contributed by atoms with Gasteiger partial charge in [-0.3, -0.25) is 4.57 Å². The molecule has 166 valence electrons. The zero-order chi connectivity index (χ0) is 23.6. The Balaban J connectivity index is 2.35. The van der Waals surface area contributed by atoms with Crippen LogP contribution in [0.3, 0.4) is 0 Å². The number of ether oxygens (including phenoxy) is 1. The van der Waals surface area contributed by atoms with Crippen LogP contribution in [0.4, 0.5) is 4.79 Å². The van der Waals surface area contributed by atoms with Crippen LogP contribution in [0, 0.1) is 11.3 Å². The van der Waals surface area contributed by atoms with Gasteiger partial charge in [0, 0.05) is 23.3 Å². The third-order valence-corrected chi connectivity index (χ3v) is 6.70. The average Bonchev–Trinajstić information content (AvgIpc) is 3.06. The SMILES string of the molecule is CC(C)(C)OC(=O)n1cc(B2OC(C)(C)C(C)(C)O2)c2ccc(C#N)c(S(C)(=O)=O)c21. The van der Waals surface area contributed by atoms with Crippen molar-refractivity contribution in [3.05, 3.63) is 23.9 Å². The average molecular weight is 446 g/mol. The van der Waals surface area contributed by atoms with E-state index in [0.717, 1.165) is 10.8 Å². The van der Waals surface area contributed by atoms with E-state index in [1.165, 1.54) is 12.3 Å². The summed E-state index contributed by atoms with van der Waals surface area (Å²) in [6, 6.07) is 4.93. The van der Waals surface area contributed by atoms with Crippen LogP contribution in [0.15, 0.2) is 23.2 Å². The van der Waals surface area contributed by atoms with Gasteiger partial charge in [-0.1, -0.05) is 6.07 Å². The van der Waals surface area contributed by atoms with E-state index in [2.05, 4.69) is 0 Å². The molecule has 0 unspecified atom stereocenters. The number of rotatable bonds is 2. The lowest BCUT2D eigenvalue weighted by Crippen LogP contribution is -2.41. The van der Waals surface area contributed by atoms with Crippen LogP contribution in [0.25, 0.3) is 10.9 Å². The van der Waals surface area contributed by atoms with E-state index >= 15 is 0 Å². The van der Waals surface area contributed by atoms with Crippen LogP contribution in [0.1, 0.15) is 54.0 Å². The summed E-state index contributed by atoms with van der Waals surface area (Å²) in [5.41, 5.74) is -1.59. The molecule has 1 aromatic heterocycles. The van der Waals surface area contributed by atoms with Gasteiger partial charge in [-0.2, -0.15) is 5.26 Å². The van der Waals surface area contributed by atoms with Gasteiger partial charge in [0.25, 0.3) is 0 Å². The molecule has 0 bridgehead atoms.